The van der Waals surface area contributed by atoms with Crippen molar-refractivity contribution in [1.82, 2.24) is 9.97 Å². The molecule has 0 saturated heterocycles. The van der Waals surface area contributed by atoms with Gasteiger partial charge < -0.3 is 5.32 Å². The van der Waals surface area contributed by atoms with Gasteiger partial charge in [0, 0.05) is 16.8 Å². The average Bonchev–Trinajstić information content (AvgIpc) is 3.01. The maximum absolute atomic E-state index is 11.3. The number of aromatic nitrogens is 2. The topological polar surface area (TPSA) is 98.0 Å². The highest BCUT2D eigenvalue weighted by atomic mass is 35.5. The summed E-state index contributed by atoms with van der Waals surface area (Å²) in [6, 6.07) is 9.93. The van der Waals surface area contributed by atoms with E-state index in [4.69, 9.17) is 16.7 Å². The molecule has 0 aliphatic heterocycles. The summed E-state index contributed by atoms with van der Waals surface area (Å²) >= 11 is 7.43. The lowest BCUT2D eigenvalue weighted by Gasteiger charge is -2.10. The molecule has 0 aliphatic rings. The van der Waals surface area contributed by atoms with Crippen molar-refractivity contribution in [2.45, 2.75) is 4.90 Å². The number of thiophene rings is 1. The number of halogens is 1. The number of anilines is 2. The molecule has 0 atom stereocenters. The van der Waals surface area contributed by atoms with Gasteiger partial charge >= 0.3 is 0 Å². The fourth-order valence-electron chi connectivity index (χ4n) is 1.93. The minimum Gasteiger partial charge on any atom is -0.340 e. The Hall–Kier alpha value is -2.00. The van der Waals surface area contributed by atoms with Crippen LogP contribution in [0, 0.1) is 0 Å². The van der Waals surface area contributed by atoms with Crippen LogP contribution in [-0.4, -0.2) is 18.4 Å². The number of primary sulfonamides is 1. The lowest BCUT2D eigenvalue weighted by Crippen LogP contribution is -2.11. The van der Waals surface area contributed by atoms with Gasteiger partial charge in [-0.3, -0.25) is 0 Å². The summed E-state index contributed by atoms with van der Waals surface area (Å²) in [6.07, 6.45) is 1.64. The van der Waals surface area contributed by atoms with E-state index in [-0.39, 0.29) is 10.2 Å². The van der Waals surface area contributed by atoms with Crippen LogP contribution in [0.2, 0.25) is 5.28 Å². The largest absolute Gasteiger partial charge is 0.340 e. The molecule has 9 heteroatoms. The van der Waals surface area contributed by atoms with Gasteiger partial charge in [-0.25, -0.2) is 18.5 Å². The van der Waals surface area contributed by atoms with E-state index in [1.165, 1.54) is 12.1 Å². The van der Waals surface area contributed by atoms with Gasteiger partial charge in [-0.15, -0.1) is 11.3 Å². The molecule has 0 unspecified atom stereocenters. The third-order valence-electron chi connectivity index (χ3n) is 2.99. The molecule has 0 fully saturated rings. The van der Waals surface area contributed by atoms with E-state index >= 15 is 0 Å². The second-order valence-corrected chi connectivity index (χ2v) is 7.42. The summed E-state index contributed by atoms with van der Waals surface area (Å²) in [5, 5.41) is 10.3. The molecule has 118 valence electrons. The Morgan fingerprint density at radius 3 is 2.52 bits per heavy atom. The Bertz CT molecular complexity index is 926. The highest BCUT2D eigenvalue weighted by Gasteiger charge is 2.11. The minimum atomic E-state index is -3.72. The summed E-state index contributed by atoms with van der Waals surface area (Å²) in [6.45, 7) is 0. The third kappa shape index (κ3) is 3.67. The molecule has 6 nitrogen and oxygen atoms in total. The van der Waals surface area contributed by atoms with Crippen molar-refractivity contribution in [2.24, 2.45) is 5.14 Å². The fraction of sp³-hybridized carbons (Fsp3) is 0. The normalized spacial score (nSPS) is 11.4. The Kier molecular flexibility index (Phi) is 4.31. The number of nitrogens with zero attached hydrogens (tertiary/aromatic N) is 2. The highest BCUT2D eigenvalue weighted by Crippen LogP contribution is 2.32. The molecule has 0 amide bonds. The SMILES string of the molecule is NS(=O)(=O)c1ccc(Nc2nc(Cl)ncc2-c2cccs2)cc1. The first-order valence-corrected chi connectivity index (χ1v) is 9.20. The van der Waals surface area contributed by atoms with Gasteiger partial charge in [-0.2, -0.15) is 4.98 Å². The maximum atomic E-state index is 11.3. The van der Waals surface area contributed by atoms with E-state index < -0.39 is 10.0 Å². The summed E-state index contributed by atoms with van der Waals surface area (Å²) in [4.78, 5) is 9.25. The number of hydrogen-bond acceptors (Lipinski definition) is 6. The van der Waals surface area contributed by atoms with E-state index in [1.54, 1.807) is 29.7 Å². The Morgan fingerprint density at radius 2 is 1.91 bits per heavy atom. The van der Waals surface area contributed by atoms with Crippen LogP contribution in [0.1, 0.15) is 0 Å². The van der Waals surface area contributed by atoms with Crippen LogP contribution in [0.3, 0.4) is 0 Å². The van der Waals surface area contributed by atoms with Gasteiger partial charge in [0.2, 0.25) is 15.3 Å². The van der Waals surface area contributed by atoms with Crippen LogP contribution in [0.25, 0.3) is 10.4 Å². The highest BCUT2D eigenvalue weighted by molar-refractivity contribution is 7.89. The van der Waals surface area contributed by atoms with Crippen LogP contribution >= 0.6 is 22.9 Å². The predicted molar refractivity (Wildman–Crippen MR) is 91.5 cm³/mol. The van der Waals surface area contributed by atoms with Gasteiger partial charge in [0.15, 0.2) is 0 Å². The zero-order chi connectivity index (χ0) is 16.4. The molecule has 3 N–H and O–H groups in total. The first kappa shape index (κ1) is 15.9. The van der Waals surface area contributed by atoms with E-state index in [0.29, 0.717) is 11.5 Å². The van der Waals surface area contributed by atoms with E-state index in [1.807, 2.05) is 17.5 Å². The van der Waals surface area contributed by atoms with Gasteiger partial charge in [-0.05, 0) is 47.3 Å². The van der Waals surface area contributed by atoms with Gasteiger partial charge in [0.25, 0.3) is 0 Å². The Morgan fingerprint density at radius 1 is 1.17 bits per heavy atom. The summed E-state index contributed by atoms with van der Waals surface area (Å²) in [5.41, 5.74) is 1.46. The van der Waals surface area contributed by atoms with Crippen LogP contribution in [0.4, 0.5) is 11.5 Å². The van der Waals surface area contributed by atoms with Gasteiger partial charge in [0.05, 0.1) is 10.5 Å². The summed E-state index contributed by atoms with van der Waals surface area (Å²) < 4.78 is 22.6. The molecule has 0 aliphatic carbocycles. The van der Waals surface area contributed by atoms with Crippen molar-refractivity contribution in [3.8, 4) is 10.4 Å². The second-order valence-electron chi connectivity index (χ2n) is 4.57. The van der Waals surface area contributed by atoms with E-state index in [9.17, 15) is 8.42 Å². The summed E-state index contributed by atoms with van der Waals surface area (Å²) in [5.74, 6) is 0.538. The number of nitrogens with two attached hydrogens (primary N) is 1. The van der Waals surface area contributed by atoms with Gasteiger partial charge in [0.1, 0.15) is 5.82 Å². The number of benzene rings is 1. The minimum absolute atomic E-state index is 0.0438. The lowest BCUT2D eigenvalue weighted by atomic mass is 10.2. The van der Waals surface area contributed by atoms with Crippen molar-refractivity contribution < 1.29 is 8.42 Å². The molecular formula is C14H11ClN4O2S2. The molecule has 2 aromatic heterocycles. The number of nitrogens with one attached hydrogen (secondary N) is 1. The molecule has 23 heavy (non-hydrogen) atoms. The smallest absolute Gasteiger partial charge is 0.238 e. The fourth-order valence-corrected chi connectivity index (χ4v) is 3.32. The second kappa shape index (κ2) is 6.25. The molecule has 3 rings (SSSR count). The van der Waals surface area contributed by atoms with E-state index in [0.717, 1.165) is 10.4 Å². The number of hydrogen-bond donors (Lipinski definition) is 2. The number of rotatable bonds is 4. The maximum Gasteiger partial charge on any atom is 0.238 e. The zero-order valence-corrected chi connectivity index (χ0v) is 14.0. The molecule has 1 aromatic carbocycles. The van der Waals surface area contributed by atoms with Crippen molar-refractivity contribution in [2.75, 3.05) is 5.32 Å². The zero-order valence-electron chi connectivity index (χ0n) is 11.6. The van der Waals surface area contributed by atoms with Crippen molar-refractivity contribution >= 4 is 44.5 Å². The average molecular weight is 367 g/mol. The van der Waals surface area contributed by atoms with Crippen molar-refractivity contribution in [1.29, 1.82) is 0 Å². The first-order valence-electron chi connectivity index (χ1n) is 6.40. The Balaban J connectivity index is 1.95. The van der Waals surface area contributed by atoms with Crippen molar-refractivity contribution in [3.63, 3.8) is 0 Å². The standard InChI is InChI=1S/C14H11ClN4O2S2/c15-14-17-8-11(12-2-1-7-22-12)13(19-14)18-9-3-5-10(6-4-9)23(16,20)21/h1-8H,(H2,16,20,21)(H,17,18,19). The monoisotopic (exact) mass is 366 g/mol. The Labute approximate surface area is 142 Å². The molecule has 3 aromatic rings. The van der Waals surface area contributed by atoms with Crippen LogP contribution < -0.4 is 10.5 Å². The summed E-state index contributed by atoms with van der Waals surface area (Å²) in [7, 11) is -3.72. The predicted octanol–water partition coefficient (Wildman–Crippen LogP) is 3.25. The lowest BCUT2D eigenvalue weighted by molar-refractivity contribution is 0.598. The first-order chi connectivity index (χ1) is 10.9. The van der Waals surface area contributed by atoms with Crippen LogP contribution in [0.15, 0.2) is 52.9 Å². The van der Waals surface area contributed by atoms with Gasteiger partial charge in [-0.1, -0.05) is 6.07 Å². The molecule has 0 saturated carbocycles. The number of sulfonamides is 1. The van der Waals surface area contributed by atoms with Crippen LogP contribution in [0.5, 0.6) is 0 Å². The molecule has 0 spiro atoms. The quantitative estimate of drug-likeness (QED) is 0.690. The third-order valence-corrected chi connectivity index (χ3v) is 5.01. The molecule has 0 bridgehead atoms. The molecular weight excluding hydrogens is 356 g/mol. The van der Waals surface area contributed by atoms with E-state index in [2.05, 4.69) is 15.3 Å². The van der Waals surface area contributed by atoms with Crippen molar-refractivity contribution in [3.05, 3.63) is 53.3 Å². The molecule has 0 radical (unpaired) electrons. The molecule has 2 heterocycles. The van der Waals surface area contributed by atoms with Crippen LogP contribution in [-0.2, 0) is 10.0 Å².